The highest BCUT2D eigenvalue weighted by Crippen LogP contribution is 2.55. The van der Waals surface area contributed by atoms with Crippen molar-refractivity contribution < 1.29 is 0 Å². The van der Waals surface area contributed by atoms with E-state index in [0.29, 0.717) is 0 Å². The van der Waals surface area contributed by atoms with Gasteiger partial charge < -0.3 is 0 Å². The van der Waals surface area contributed by atoms with Crippen LogP contribution in [0.3, 0.4) is 0 Å². The average Bonchev–Trinajstić information content (AvgIpc) is 3.79. The second kappa shape index (κ2) is 31.1. The van der Waals surface area contributed by atoms with Crippen molar-refractivity contribution in [1.29, 1.82) is 0 Å². The van der Waals surface area contributed by atoms with Gasteiger partial charge in [0.05, 0.1) is 11.4 Å². The van der Waals surface area contributed by atoms with Crippen LogP contribution in [-0.4, -0.2) is 15.0 Å². The zero-order valence-corrected chi connectivity index (χ0v) is 46.0. The van der Waals surface area contributed by atoms with Crippen molar-refractivity contribution in [2.45, 2.75) is 67.2 Å². The van der Waals surface area contributed by atoms with E-state index in [1.807, 2.05) is 127 Å². The zero-order valence-electron chi connectivity index (χ0n) is 46.0. The van der Waals surface area contributed by atoms with E-state index in [0.717, 1.165) is 51.2 Å². The fourth-order valence-electron chi connectivity index (χ4n) is 8.90. The molecule has 0 saturated heterocycles. The zero-order chi connectivity index (χ0) is 54.5. The van der Waals surface area contributed by atoms with Gasteiger partial charge in [0.25, 0.3) is 0 Å². The molecule has 1 unspecified atom stereocenters. The summed E-state index contributed by atoms with van der Waals surface area (Å²) in [6.07, 6.45) is 34.4. The topological polar surface area (TPSA) is 38.7 Å². The number of rotatable bonds is 13. The maximum atomic E-state index is 5.13. The van der Waals surface area contributed by atoms with E-state index in [1.54, 1.807) is 18.5 Å². The van der Waals surface area contributed by atoms with Crippen molar-refractivity contribution in [3.63, 3.8) is 0 Å². The van der Waals surface area contributed by atoms with Gasteiger partial charge in [0.1, 0.15) is 0 Å². The molecule has 0 aliphatic heterocycles. The lowest BCUT2D eigenvalue weighted by Crippen LogP contribution is -2.26. The molecule has 9 rings (SSSR count). The van der Waals surface area contributed by atoms with Gasteiger partial charge in [-0.25, -0.2) is 4.98 Å². The Labute approximate surface area is 456 Å². The molecule has 3 heteroatoms. The molecule has 0 saturated carbocycles. The van der Waals surface area contributed by atoms with Gasteiger partial charge >= 0.3 is 0 Å². The van der Waals surface area contributed by atoms with Crippen molar-refractivity contribution in [2.24, 2.45) is 0 Å². The number of nitrogens with zero attached hydrogens (tertiary/aromatic N) is 3. The normalized spacial score (nSPS) is 13.5. The van der Waals surface area contributed by atoms with Crippen LogP contribution in [0.4, 0.5) is 0 Å². The van der Waals surface area contributed by atoms with E-state index in [1.165, 1.54) is 50.1 Å². The fraction of sp³-hybridized carbons (Fsp3) is 0.137. The molecule has 0 N–H and O–H groups in total. The lowest BCUT2D eigenvalue weighted by Gasteiger charge is -2.32. The molecule has 1 aliphatic carbocycles. The highest BCUT2D eigenvalue weighted by atomic mass is 14.7. The summed E-state index contributed by atoms with van der Waals surface area (Å²) < 4.78 is 0. The Kier molecular flexibility index (Phi) is 23.7. The molecular weight excluding hydrogens is 919 g/mol. The third-order valence-corrected chi connectivity index (χ3v) is 12.6. The van der Waals surface area contributed by atoms with Gasteiger partial charge in [-0.2, -0.15) is 0 Å². The maximum Gasteiger partial charge on any atom is 0.0715 e. The van der Waals surface area contributed by atoms with Crippen LogP contribution in [0.15, 0.2) is 281 Å². The van der Waals surface area contributed by atoms with E-state index >= 15 is 0 Å². The molecule has 5 aromatic carbocycles. The van der Waals surface area contributed by atoms with E-state index in [4.69, 9.17) is 4.98 Å². The van der Waals surface area contributed by atoms with Crippen LogP contribution in [0.5, 0.6) is 0 Å². The summed E-state index contributed by atoms with van der Waals surface area (Å²) in [7, 11) is 0. The SMILES string of the molecule is C/C=C\C.C=C/C=C(\C=C/C)c1cc(/C(C=C)=C/C=C)nc(-c2cccc(-c3cccc(-c4ccc5c(c4)-c4ccccc4C5(C/C=C\C=C/C)c4ccncc4)c3)c2)c1.CC.Cc1ccccc1.Cc1ccncc1. The molecule has 0 amide bonds. The molecule has 1 aliphatic rings. The van der Waals surface area contributed by atoms with Gasteiger partial charge in [0.2, 0.25) is 0 Å². The first-order valence-electron chi connectivity index (χ1n) is 26.3. The van der Waals surface area contributed by atoms with Crippen LogP contribution >= 0.6 is 0 Å². The molecule has 3 aromatic heterocycles. The molecule has 8 aromatic rings. The fourth-order valence-corrected chi connectivity index (χ4v) is 8.90. The third kappa shape index (κ3) is 15.4. The Bertz CT molecular complexity index is 3250. The number of allylic oxidation sites excluding steroid dienone is 15. The average molecular weight is 994 g/mol. The van der Waals surface area contributed by atoms with Crippen molar-refractivity contribution in [3.05, 3.63) is 320 Å². The van der Waals surface area contributed by atoms with Crippen LogP contribution in [0.1, 0.15) is 87.0 Å². The van der Waals surface area contributed by atoms with Gasteiger partial charge in [-0.05, 0) is 175 Å². The lowest BCUT2D eigenvalue weighted by atomic mass is 9.70. The van der Waals surface area contributed by atoms with E-state index < -0.39 is 0 Å². The number of pyridine rings is 3. The van der Waals surface area contributed by atoms with Crippen molar-refractivity contribution >= 4 is 11.1 Å². The summed E-state index contributed by atoms with van der Waals surface area (Å²) in [4.78, 5) is 13.4. The summed E-state index contributed by atoms with van der Waals surface area (Å²) >= 11 is 0. The first kappa shape index (κ1) is 58.1. The molecule has 1 atom stereocenters. The van der Waals surface area contributed by atoms with Crippen LogP contribution < -0.4 is 0 Å². The molecular formula is C73H75N3. The first-order chi connectivity index (χ1) is 37.2. The Balaban J connectivity index is 0.000000448. The van der Waals surface area contributed by atoms with Crippen molar-refractivity contribution in [3.8, 4) is 44.6 Å². The minimum atomic E-state index is -0.318. The number of aryl methyl sites for hydroxylation is 2. The van der Waals surface area contributed by atoms with E-state index in [9.17, 15) is 0 Å². The summed E-state index contributed by atoms with van der Waals surface area (Å²) in [5.74, 6) is 0. The first-order valence-corrected chi connectivity index (χ1v) is 26.3. The maximum absolute atomic E-state index is 5.13. The largest absolute Gasteiger partial charge is 0.265 e. The van der Waals surface area contributed by atoms with Crippen LogP contribution in [-0.2, 0) is 5.41 Å². The Morgan fingerprint density at radius 3 is 1.59 bits per heavy atom. The quantitative estimate of drug-likeness (QED) is 0.0853. The third-order valence-electron chi connectivity index (χ3n) is 12.6. The minimum Gasteiger partial charge on any atom is -0.265 e. The molecule has 0 fully saturated rings. The predicted octanol–water partition coefficient (Wildman–Crippen LogP) is 20.2. The minimum absolute atomic E-state index is 0.318. The highest BCUT2D eigenvalue weighted by molar-refractivity contribution is 5.88. The Hall–Kier alpha value is -8.79. The number of fused-ring (bicyclic) bond motifs is 3. The standard InChI is InChI=1S/C54H46N2.C7H8.C6H7N.C4H8.C2H6/c1-6-11-12-15-31-54(47-29-32-55-33-30-47)50-26-14-13-25-48(50)49-36-44(27-28-51(49)54)42-22-16-21-41(34-42)43-23-17-24-45(35-43)53-38-46(40(19-8-3)20-9-4)37-52(56-53)39(10-5)18-7-2;1-7-5-3-2-4-6-7;1-6-2-4-7-5-3-6;1-3-4-2;1-2/h6-30,32-38H,2-3,5,31H2,1,4H3;2-6H,1H3;2-5H,1H3;3-4H,1-2H3;1-2H3/b11-6-,15-12-,20-9-,39-18+,40-19+;;;4-3-;. The molecule has 76 heavy (non-hydrogen) atoms. The molecule has 3 heterocycles. The number of hydrogen-bond acceptors (Lipinski definition) is 3. The monoisotopic (exact) mass is 994 g/mol. The second-order valence-electron chi connectivity index (χ2n) is 17.7. The summed E-state index contributed by atoms with van der Waals surface area (Å²) in [6.45, 7) is 28.1. The van der Waals surface area contributed by atoms with Crippen molar-refractivity contribution in [1.82, 2.24) is 15.0 Å². The number of aromatic nitrogens is 3. The van der Waals surface area contributed by atoms with Gasteiger partial charge in [0.15, 0.2) is 0 Å². The van der Waals surface area contributed by atoms with E-state index in [2.05, 4.69) is 201 Å². The smallest absolute Gasteiger partial charge is 0.0715 e. The predicted molar refractivity (Wildman–Crippen MR) is 332 cm³/mol. The van der Waals surface area contributed by atoms with Gasteiger partial charge in [-0.15, -0.1) is 0 Å². The molecule has 0 spiro atoms. The highest BCUT2D eigenvalue weighted by Gasteiger charge is 2.43. The number of benzene rings is 5. The van der Waals surface area contributed by atoms with Gasteiger partial charge in [-0.3, -0.25) is 9.97 Å². The van der Waals surface area contributed by atoms with Crippen LogP contribution in [0.2, 0.25) is 0 Å². The van der Waals surface area contributed by atoms with Gasteiger partial charge in [-0.1, -0.05) is 221 Å². The van der Waals surface area contributed by atoms with Crippen LogP contribution in [0.25, 0.3) is 55.8 Å². The Morgan fingerprint density at radius 1 is 0.487 bits per heavy atom. The van der Waals surface area contributed by atoms with E-state index in [-0.39, 0.29) is 5.41 Å². The van der Waals surface area contributed by atoms with Crippen LogP contribution in [0, 0.1) is 13.8 Å². The summed E-state index contributed by atoms with van der Waals surface area (Å²) in [6, 6.07) is 56.2. The summed E-state index contributed by atoms with van der Waals surface area (Å²) in [5.41, 5.74) is 19.1. The molecule has 3 nitrogen and oxygen atoms in total. The van der Waals surface area contributed by atoms with Crippen molar-refractivity contribution in [2.75, 3.05) is 0 Å². The molecule has 0 bridgehead atoms. The second-order valence-corrected chi connectivity index (χ2v) is 17.7. The summed E-state index contributed by atoms with van der Waals surface area (Å²) in [5, 5.41) is 0. The molecule has 0 radical (unpaired) electrons. The van der Waals surface area contributed by atoms with Gasteiger partial charge in [0, 0.05) is 35.8 Å². The number of hydrogen-bond donors (Lipinski definition) is 0. The Morgan fingerprint density at radius 2 is 1.04 bits per heavy atom. The lowest BCUT2D eigenvalue weighted by molar-refractivity contribution is 0.644. The molecule has 382 valence electrons.